The lowest BCUT2D eigenvalue weighted by atomic mass is 10.2. The summed E-state index contributed by atoms with van der Waals surface area (Å²) >= 11 is 1.52. The van der Waals surface area contributed by atoms with Gasteiger partial charge in [-0.2, -0.15) is 0 Å². The lowest BCUT2D eigenvalue weighted by Gasteiger charge is -2.05. The molecule has 120 valence electrons. The Balaban J connectivity index is 1.83. The smallest absolute Gasteiger partial charge is 0.175 e. The predicted octanol–water partition coefficient (Wildman–Crippen LogP) is 3.99. The standard InChI is InChI=1S/C18H21N3OS/c1-5-21-16-9-7-6-8-15(16)19-18(21)23-11-17(22)14-10-12(2)20(4)13(14)3/h6-10H,5,11H2,1-4H3. The second-order valence-corrected chi connectivity index (χ2v) is 6.63. The Kier molecular flexibility index (Phi) is 4.31. The fourth-order valence-corrected chi connectivity index (χ4v) is 3.78. The van der Waals surface area contributed by atoms with Crippen molar-refractivity contribution < 1.29 is 4.79 Å². The molecule has 0 N–H and O–H groups in total. The lowest BCUT2D eigenvalue weighted by Crippen LogP contribution is -2.06. The van der Waals surface area contributed by atoms with Crippen LogP contribution in [0.2, 0.25) is 0 Å². The van der Waals surface area contributed by atoms with E-state index in [0.717, 1.165) is 39.7 Å². The van der Waals surface area contributed by atoms with E-state index in [-0.39, 0.29) is 5.78 Å². The van der Waals surface area contributed by atoms with E-state index in [1.165, 1.54) is 11.8 Å². The van der Waals surface area contributed by atoms with Crippen molar-refractivity contribution in [2.45, 2.75) is 32.5 Å². The van der Waals surface area contributed by atoms with Crippen LogP contribution in [0, 0.1) is 13.8 Å². The average molecular weight is 327 g/mol. The van der Waals surface area contributed by atoms with Gasteiger partial charge in [-0.25, -0.2) is 4.98 Å². The Morgan fingerprint density at radius 3 is 2.65 bits per heavy atom. The van der Waals surface area contributed by atoms with Gasteiger partial charge in [0.25, 0.3) is 0 Å². The molecule has 0 amide bonds. The van der Waals surface area contributed by atoms with E-state index in [2.05, 4.69) is 27.1 Å². The number of Topliss-reactive ketones (excluding diaryl/α,β-unsaturated/α-hetero) is 1. The molecule has 0 aliphatic heterocycles. The first-order valence-electron chi connectivity index (χ1n) is 7.77. The monoisotopic (exact) mass is 327 g/mol. The van der Waals surface area contributed by atoms with E-state index in [1.54, 1.807) is 0 Å². The largest absolute Gasteiger partial charge is 0.351 e. The summed E-state index contributed by atoms with van der Waals surface area (Å²) < 4.78 is 4.22. The summed E-state index contributed by atoms with van der Waals surface area (Å²) in [6.07, 6.45) is 0. The second-order valence-electron chi connectivity index (χ2n) is 5.68. The minimum atomic E-state index is 0.158. The number of imidazole rings is 1. The van der Waals surface area contributed by atoms with Gasteiger partial charge in [0.2, 0.25) is 0 Å². The Morgan fingerprint density at radius 1 is 1.26 bits per heavy atom. The molecule has 0 atom stereocenters. The van der Waals surface area contributed by atoms with Gasteiger partial charge in [-0.1, -0.05) is 23.9 Å². The average Bonchev–Trinajstić information content (AvgIpc) is 3.04. The molecule has 0 unspecified atom stereocenters. The van der Waals surface area contributed by atoms with Gasteiger partial charge in [0.1, 0.15) is 0 Å². The number of ketones is 1. The van der Waals surface area contributed by atoms with Gasteiger partial charge in [0.15, 0.2) is 10.9 Å². The third-order valence-corrected chi connectivity index (χ3v) is 5.32. The van der Waals surface area contributed by atoms with Gasteiger partial charge in [-0.3, -0.25) is 4.79 Å². The van der Waals surface area contributed by atoms with Crippen molar-refractivity contribution in [2.24, 2.45) is 7.05 Å². The molecule has 0 bridgehead atoms. The lowest BCUT2D eigenvalue weighted by molar-refractivity contribution is 0.102. The number of nitrogens with zero attached hydrogens (tertiary/aromatic N) is 3. The topological polar surface area (TPSA) is 39.8 Å². The van der Waals surface area contributed by atoms with Crippen molar-refractivity contribution in [3.05, 3.63) is 47.3 Å². The number of carbonyl (C=O) groups is 1. The molecule has 23 heavy (non-hydrogen) atoms. The molecule has 3 rings (SSSR count). The fourth-order valence-electron chi connectivity index (χ4n) is 2.81. The van der Waals surface area contributed by atoms with Crippen molar-refractivity contribution in [3.8, 4) is 0 Å². The summed E-state index contributed by atoms with van der Waals surface area (Å²) in [5.74, 6) is 0.569. The highest BCUT2D eigenvalue weighted by Crippen LogP contribution is 2.25. The van der Waals surface area contributed by atoms with Crippen LogP contribution in [0.3, 0.4) is 0 Å². The summed E-state index contributed by atoms with van der Waals surface area (Å²) in [7, 11) is 1.99. The summed E-state index contributed by atoms with van der Waals surface area (Å²) in [6.45, 7) is 6.96. The number of thioether (sulfide) groups is 1. The zero-order valence-electron chi connectivity index (χ0n) is 14.0. The molecule has 1 aromatic carbocycles. The van der Waals surface area contributed by atoms with Crippen LogP contribution in [0.1, 0.15) is 28.7 Å². The van der Waals surface area contributed by atoms with Crippen LogP contribution in [0.15, 0.2) is 35.5 Å². The first kappa shape index (κ1) is 15.9. The molecule has 0 spiro atoms. The SMILES string of the molecule is CCn1c(SCC(=O)c2cc(C)n(C)c2C)nc2ccccc21. The maximum Gasteiger partial charge on any atom is 0.175 e. The number of rotatable bonds is 5. The van der Waals surface area contributed by atoms with Crippen molar-refractivity contribution in [2.75, 3.05) is 5.75 Å². The molecule has 4 nitrogen and oxygen atoms in total. The quantitative estimate of drug-likeness (QED) is 0.525. The van der Waals surface area contributed by atoms with E-state index in [0.29, 0.717) is 5.75 Å². The highest BCUT2D eigenvalue weighted by Gasteiger charge is 2.16. The minimum Gasteiger partial charge on any atom is -0.351 e. The van der Waals surface area contributed by atoms with E-state index in [1.807, 2.05) is 45.2 Å². The number of hydrogen-bond acceptors (Lipinski definition) is 3. The van der Waals surface area contributed by atoms with Crippen LogP contribution in [-0.2, 0) is 13.6 Å². The summed E-state index contributed by atoms with van der Waals surface area (Å²) in [6, 6.07) is 10.1. The number of carbonyl (C=O) groups excluding carboxylic acids is 1. The van der Waals surface area contributed by atoms with Gasteiger partial charge < -0.3 is 9.13 Å². The van der Waals surface area contributed by atoms with Crippen LogP contribution in [-0.4, -0.2) is 25.7 Å². The van der Waals surface area contributed by atoms with Crippen LogP contribution in [0.25, 0.3) is 11.0 Å². The maximum atomic E-state index is 12.5. The molecule has 0 saturated heterocycles. The van der Waals surface area contributed by atoms with Gasteiger partial charge in [0.05, 0.1) is 16.8 Å². The normalized spacial score (nSPS) is 11.3. The molecular formula is C18H21N3OS. The highest BCUT2D eigenvalue weighted by molar-refractivity contribution is 7.99. The zero-order valence-corrected chi connectivity index (χ0v) is 14.8. The Labute approximate surface area is 140 Å². The van der Waals surface area contributed by atoms with Gasteiger partial charge in [-0.15, -0.1) is 0 Å². The van der Waals surface area contributed by atoms with Gasteiger partial charge in [-0.05, 0) is 39.0 Å². The Morgan fingerprint density at radius 2 is 2.00 bits per heavy atom. The van der Waals surface area contributed by atoms with Crippen molar-refractivity contribution in [3.63, 3.8) is 0 Å². The number of para-hydroxylation sites is 2. The maximum absolute atomic E-state index is 12.5. The molecule has 2 heterocycles. The molecule has 0 fully saturated rings. The first-order valence-corrected chi connectivity index (χ1v) is 8.75. The molecule has 0 radical (unpaired) electrons. The fraction of sp³-hybridized carbons (Fsp3) is 0.333. The molecule has 3 aromatic rings. The molecular weight excluding hydrogens is 306 g/mol. The van der Waals surface area contributed by atoms with Crippen molar-refractivity contribution >= 4 is 28.6 Å². The Hall–Kier alpha value is -2.01. The van der Waals surface area contributed by atoms with Gasteiger partial charge >= 0.3 is 0 Å². The molecule has 2 aromatic heterocycles. The van der Waals surface area contributed by atoms with Crippen molar-refractivity contribution in [1.82, 2.24) is 14.1 Å². The van der Waals surface area contributed by atoms with E-state index in [9.17, 15) is 4.79 Å². The number of aromatic nitrogens is 3. The van der Waals surface area contributed by atoms with Crippen molar-refractivity contribution in [1.29, 1.82) is 0 Å². The number of hydrogen-bond donors (Lipinski definition) is 0. The van der Waals surface area contributed by atoms with Crippen LogP contribution < -0.4 is 0 Å². The van der Waals surface area contributed by atoms with E-state index >= 15 is 0 Å². The summed E-state index contributed by atoms with van der Waals surface area (Å²) in [4.78, 5) is 17.2. The third-order valence-electron chi connectivity index (χ3n) is 4.34. The minimum absolute atomic E-state index is 0.158. The van der Waals surface area contributed by atoms with Crippen LogP contribution in [0.5, 0.6) is 0 Å². The molecule has 0 aliphatic carbocycles. The molecule has 5 heteroatoms. The number of benzene rings is 1. The first-order chi connectivity index (χ1) is 11.0. The third kappa shape index (κ3) is 2.81. The molecule has 0 saturated carbocycles. The predicted molar refractivity (Wildman–Crippen MR) is 95.3 cm³/mol. The number of fused-ring (bicyclic) bond motifs is 1. The van der Waals surface area contributed by atoms with Gasteiger partial charge in [0, 0.05) is 30.5 Å². The zero-order chi connectivity index (χ0) is 16.6. The van der Waals surface area contributed by atoms with E-state index < -0.39 is 0 Å². The Bertz CT molecular complexity index is 876. The second kappa shape index (κ2) is 6.24. The number of aryl methyl sites for hydroxylation is 2. The summed E-state index contributed by atoms with van der Waals surface area (Å²) in [5, 5.41) is 0.910. The van der Waals surface area contributed by atoms with Crippen LogP contribution in [0.4, 0.5) is 0 Å². The van der Waals surface area contributed by atoms with E-state index in [4.69, 9.17) is 0 Å². The molecule has 0 aliphatic rings. The van der Waals surface area contributed by atoms with Crippen LogP contribution >= 0.6 is 11.8 Å². The highest BCUT2D eigenvalue weighted by atomic mass is 32.2. The summed E-state index contributed by atoms with van der Waals surface area (Å²) in [5.41, 5.74) is 5.05.